The lowest BCUT2D eigenvalue weighted by Gasteiger charge is -2.18. The number of hydrogen-bond donors (Lipinski definition) is 3. The van der Waals surface area contributed by atoms with Crippen LogP contribution in [0.5, 0.6) is 5.75 Å². The first-order chi connectivity index (χ1) is 16.5. The molecule has 7 nitrogen and oxygen atoms in total. The van der Waals surface area contributed by atoms with E-state index in [9.17, 15) is 24.5 Å². The fourth-order valence-corrected chi connectivity index (χ4v) is 3.20. The second-order valence-electron chi connectivity index (χ2n) is 7.45. The molecule has 2 aromatic carbocycles. The standard InChI is InChI=1S/C25H23BFN3O4/c27-21-10-9-19(14-20(17-28)22-8-4-5-12-29-22)15-23(21)34-13-11-25(31)30-24(26(32)33)16-18-6-2-1-3-7-18/h1-10,12,14-15,24,32-33H,11,13,16H2,(H,30,31)/t24-/m0/s1. The summed E-state index contributed by atoms with van der Waals surface area (Å²) in [6.45, 7) is -0.124. The number of allylic oxidation sites excluding steroid dienone is 1. The van der Waals surface area contributed by atoms with Gasteiger partial charge in [-0.05, 0) is 47.9 Å². The zero-order valence-corrected chi connectivity index (χ0v) is 18.3. The highest BCUT2D eigenvalue weighted by Gasteiger charge is 2.25. The van der Waals surface area contributed by atoms with E-state index in [-0.39, 0.29) is 25.2 Å². The number of carbonyl (C=O) groups is 1. The average molecular weight is 459 g/mol. The van der Waals surface area contributed by atoms with E-state index in [2.05, 4.69) is 16.4 Å². The highest BCUT2D eigenvalue weighted by atomic mass is 19.1. The highest BCUT2D eigenvalue weighted by molar-refractivity contribution is 6.43. The second kappa shape index (κ2) is 12.3. The van der Waals surface area contributed by atoms with Crippen molar-refractivity contribution in [1.82, 2.24) is 10.3 Å². The number of pyridine rings is 1. The summed E-state index contributed by atoms with van der Waals surface area (Å²) >= 11 is 0. The molecule has 0 spiro atoms. The minimum Gasteiger partial charge on any atom is -0.490 e. The third-order valence-corrected chi connectivity index (χ3v) is 4.92. The molecule has 0 saturated carbocycles. The van der Waals surface area contributed by atoms with Crippen molar-refractivity contribution < 1.29 is 24.0 Å². The van der Waals surface area contributed by atoms with Gasteiger partial charge in [0.2, 0.25) is 5.91 Å². The van der Waals surface area contributed by atoms with Gasteiger partial charge in [0.1, 0.15) is 6.07 Å². The highest BCUT2D eigenvalue weighted by Crippen LogP contribution is 2.22. The molecule has 3 N–H and O–H groups in total. The van der Waals surface area contributed by atoms with Crippen molar-refractivity contribution in [2.45, 2.75) is 18.8 Å². The van der Waals surface area contributed by atoms with E-state index in [1.807, 2.05) is 30.3 Å². The summed E-state index contributed by atoms with van der Waals surface area (Å²) in [5.41, 5.74) is 2.18. The van der Waals surface area contributed by atoms with Crippen LogP contribution in [0.1, 0.15) is 23.2 Å². The lowest BCUT2D eigenvalue weighted by molar-refractivity contribution is -0.122. The Hall–Kier alpha value is -4.00. The second-order valence-corrected chi connectivity index (χ2v) is 7.45. The van der Waals surface area contributed by atoms with Crippen LogP contribution >= 0.6 is 0 Å². The first-order valence-corrected chi connectivity index (χ1v) is 10.6. The molecule has 0 bridgehead atoms. The molecular formula is C25H23BFN3O4. The van der Waals surface area contributed by atoms with Crippen molar-refractivity contribution >= 4 is 24.7 Å². The zero-order chi connectivity index (χ0) is 24.3. The smallest absolute Gasteiger partial charge is 0.475 e. The van der Waals surface area contributed by atoms with Crippen LogP contribution in [-0.2, 0) is 11.2 Å². The summed E-state index contributed by atoms with van der Waals surface area (Å²) in [4.78, 5) is 16.4. The first kappa shape index (κ1) is 24.6. The molecule has 3 aromatic rings. The molecule has 3 rings (SSSR count). The van der Waals surface area contributed by atoms with Gasteiger partial charge in [-0.15, -0.1) is 0 Å². The number of ether oxygens (including phenoxy) is 1. The number of benzene rings is 2. The maximum Gasteiger partial charge on any atom is 0.475 e. The lowest BCUT2D eigenvalue weighted by atomic mass is 9.76. The van der Waals surface area contributed by atoms with Crippen molar-refractivity contribution in [2.24, 2.45) is 0 Å². The summed E-state index contributed by atoms with van der Waals surface area (Å²) in [6.07, 6.45) is 3.27. The molecular weight excluding hydrogens is 436 g/mol. The van der Waals surface area contributed by atoms with Gasteiger partial charge < -0.3 is 20.1 Å². The van der Waals surface area contributed by atoms with Crippen LogP contribution in [0.15, 0.2) is 72.9 Å². The first-order valence-electron chi connectivity index (χ1n) is 10.6. The number of halogens is 1. The molecule has 1 amide bonds. The van der Waals surface area contributed by atoms with Crippen LogP contribution in [0, 0.1) is 17.1 Å². The maximum absolute atomic E-state index is 14.2. The van der Waals surface area contributed by atoms with E-state index in [4.69, 9.17) is 4.74 Å². The zero-order valence-electron chi connectivity index (χ0n) is 18.3. The van der Waals surface area contributed by atoms with Gasteiger partial charge in [-0.2, -0.15) is 5.26 Å². The molecule has 172 valence electrons. The molecule has 0 aliphatic rings. The molecule has 9 heteroatoms. The third kappa shape index (κ3) is 7.27. The summed E-state index contributed by atoms with van der Waals surface area (Å²) < 4.78 is 19.6. The topological polar surface area (TPSA) is 115 Å². The summed E-state index contributed by atoms with van der Waals surface area (Å²) in [5, 5.41) is 31.2. The molecule has 1 heterocycles. The number of nitriles is 1. The van der Waals surface area contributed by atoms with Crippen LogP contribution in [0.25, 0.3) is 11.6 Å². The van der Waals surface area contributed by atoms with E-state index in [1.165, 1.54) is 18.2 Å². The van der Waals surface area contributed by atoms with Gasteiger partial charge >= 0.3 is 7.12 Å². The van der Waals surface area contributed by atoms with Crippen LogP contribution in [0.2, 0.25) is 0 Å². The molecule has 0 aliphatic heterocycles. The van der Waals surface area contributed by atoms with Crippen LogP contribution in [0.3, 0.4) is 0 Å². The van der Waals surface area contributed by atoms with Crippen LogP contribution in [0.4, 0.5) is 4.39 Å². The molecule has 1 atom stereocenters. The Bertz CT molecular complexity index is 1170. The monoisotopic (exact) mass is 459 g/mol. The maximum atomic E-state index is 14.2. The number of nitrogens with one attached hydrogen (secondary N) is 1. The van der Waals surface area contributed by atoms with E-state index in [1.54, 1.807) is 30.5 Å². The van der Waals surface area contributed by atoms with Crippen molar-refractivity contribution in [3.63, 3.8) is 0 Å². The quantitative estimate of drug-likeness (QED) is 0.317. The SMILES string of the molecule is N#CC(=Cc1ccc(F)c(OCCC(=O)N[C@@H](Cc2ccccc2)B(O)O)c1)c1ccccn1. The van der Waals surface area contributed by atoms with E-state index >= 15 is 0 Å². The Morgan fingerprint density at radius 2 is 1.94 bits per heavy atom. The Kier molecular flexibility index (Phi) is 8.92. The Morgan fingerprint density at radius 1 is 1.18 bits per heavy atom. The van der Waals surface area contributed by atoms with E-state index in [0.717, 1.165) is 5.56 Å². The van der Waals surface area contributed by atoms with E-state index in [0.29, 0.717) is 16.8 Å². The van der Waals surface area contributed by atoms with Gasteiger partial charge in [0.15, 0.2) is 11.6 Å². The van der Waals surface area contributed by atoms with Gasteiger partial charge in [-0.3, -0.25) is 9.78 Å². The number of carbonyl (C=O) groups excluding carboxylic acids is 1. The average Bonchev–Trinajstić information content (AvgIpc) is 2.85. The van der Waals surface area contributed by atoms with Crippen LogP contribution in [-0.4, -0.2) is 40.6 Å². The minimum atomic E-state index is -1.74. The molecule has 0 saturated heterocycles. The Labute approximate surface area is 197 Å². The van der Waals surface area contributed by atoms with Crippen molar-refractivity contribution in [3.8, 4) is 11.8 Å². The van der Waals surface area contributed by atoms with Gasteiger partial charge in [0.05, 0.1) is 30.2 Å². The number of hydrogen-bond acceptors (Lipinski definition) is 6. The lowest BCUT2D eigenvalue weighted by Crippen LogP contribution is -2.48. The third-order valence-electron chi connectivity index (χ3n) is 4.92. The Morgan fingerprint density at radius 3 is 2.62 bits per heavy atom. The summed E-state index contributed by atoms with van der Waals surface area (Å²) in [7, 11) is -1.74. The molecule has 0 radical (unpaired) electrons. The van der Waals surface area contributed by atoms with Gasteiger partial charge in [0.25, 0.3) is 0 Å². The number of aromatic nitrogens is 1. The van der Waals surface area contributed by atoms with E-state index < -0.39 is 24.8 Å². The van der Waals surface area contributed by atoms with Crippen molar-refractivity contribution in [2.75, 3.05) is 6.61 Å². The predicted octanol–water partition coefficient (Wildman–Crippen LogP) is 2.79. The number of rotatable bonds is 10. The molecule has 1 aromatic heterocycles. The van der Waals surface area contributed by atoms with Crippen molar-refractivity contribution in [3.05, 3.63) is 95.6 Å². The largest absolute Gasteiger partial charge is 0.490 e. The van der Waals surface area contributed by atoms with Crippen LogP contribution < -0.4 is 10.1 Å². The molecule has 34 heavy (non-hydrogen) atoms. The van der Waals surface area contributed by atoms with Gasteiger partial charge in [-0.25, -0.2) is 4.39 Å². The summed E-state index contributed by atoms with van der Waals surface area (Å²) in [5.74, 6) is -2.03. The number of amides is 1. The van der Waals surface area contributed by atoms with Gasteiger partial charge in [-0.1, -0.05) is 42.5 Å². The molecule has 0 unspecified atom stereocenters. The van der Waals surface area contributed by atoms with Gasteiger partial charge in [0, 0.05) is 6.20 Å². The normalized spacial score (nSPS) is 11.9. The predicted molar refractivity (Wildman–Crippen MR) is 127 cm³/mol. The fraction of sp³-hybridized carbons (Fsp3) is 0.160. The minimum absolute atomic E-state index is 0.0668. The summed E-state index contributed by atoms with van der Waals surface area (Å²) in [6, 6.07) is 20.5. The molecule has 0 fully saturated rings. The van der Waals surface area contributed by atoms with Crippen molar-refractivity contribution in [1.29, 1.82) is 5.26 Å². The number of nitrogens with zero attached hydrogens (tertiary/aromatic N) is 2. The fourth-order valence-electron chi connectivity index (χ4n) is 3.20. The molecule has 0 aliphatic carbocycles. The Balaban J connectivity index is 1.59.